The van der Waals surface area contributed by atoms with E-state index < -0.39 is 12.0 Å². The first-order chi connectivity index (χ1) is 10.1. The topological polar surface area (TPSA) is 76.1 Å². The lowest BCUT2D eigenvalue weighted by molar-refractivity contribution is -0.141. The largest absolute Gasteiger partial charge is 0.486 e. The first kappa shape index (κ1) is 14.0. The summed E-state index contributed by atoms with van der Waals surface area (Å²) in [7, 11) is 0. The van der Waals surface area contributed by atoms with Crippen LogP contribution in [0, 0.1) is 0 Å². The summed E-state index contributed by atoms with van der Waals surface area (Å²) in [5, 5.41) is 9.45. The van der Waals surface area contributed by atoms with Crippen molar-refractivity contribution in [1.82, 2.24) is 4.90 Å². The number of carboxylic acid groups (broad SMARTS) is 1. The zero-order valence-corrected chi connectivity index (χ0v) is 11.9. The number of benzene rings is 1. The molecule has 1 amide bonds. The van der Waals surface area contributed by atoms with Crippen LogP contribution in [0.15, 0.2) is 12.1 Å². The molecule has 0 unspecified atom stereocenters. The summed E-state index contributed by atoms with van der Waals surface area (Å²) in [5.74, 6) is -0.484. The SMILES string of the molecule is O=C(O)[C@@H]1CCCN1C(=O)c1cc(Cl)c2c(c1)OCCO2. The molecule has 3 rings (SSSR count). The minimum Gasteiger partial charge on any atom is -0.486 e. The van der Waals surface area contributed by atoms with Gasteiger partial charge in [0.25, 0.3) is 5.91 Å². The van der Waals surface area contributed by atoms with Crippen LogP contribution in [0.2, 0.25) is 5.02 Å². The number of carboxylic acids is 1. The highest BCUT2D eigenvalue weighted by atomic mass is 35.5. The highest BCUT2D eigenvalue weighted by Gasteiger charge is 2.35. The molecule has 6 nitrogen and oxygen atoms in total. The van der Waals surface area contributed by atoms with E-state index in [-0.39, 0.29) is 5.91 Å². The number of fused-ring (bicyclic) bond motifs is 1. The fourth-order valence-corrected chi connectivity index (χ4v) is 2.93. The van der Waals surface area contributed by atoms with Crippen LogP contribution in [-0.2, 0) is 4.79 Å². The average molecular weight is 312 g/mol. The Hall–Kier alpha value is -1.95. The maximum Gasteiger partial charge on any atom is 0.326 e. The number of hydrogen-bond acceptors (Lipinski definition) is 4. The van der Waals surface area contributed by atoms with Gasteiger partial charge in [0.2, 0.25) is 0 Å². The highest BCUT2D eigenvalue weighted by molar-refractivity contribution is 6.32. The number of likely N-dealkylation sites (tertiary alicyclic amines) is 1. The predicted molar refractivity (Wildman–Crippen MR) is 74.1 cm³/mol. The molecule has 7 heteroatoms. The zero-order chi connectivity index (χ0) is 15.0. The number of amides is 1. The minimum absolute atomic E-state index is 0.293. The van der Waals surface area contributed by atoms with Crippen molar-refractivity contribution in [2.45, 2.75) is 18.9 Å². The second kappa shape index (κ2) is 5.44. The van der Waals surface area contributed by atoms with Crippen LogP contribution in [0.4, 0.5) is 0 Å². The number of nitrogens with zero attached hydrogens (tertiary/aromatic N) is 1. The summed E-state index contributed by atoms with van der Waals surface area (Å²) < 4.78 is 10.8. The maximum atomic E-state index is 12.5. The quantitative estimate of drug-likeness (QED) is 0.901. The zero-order valence-electron chi connectivity index (χ0n) is 11.2. The van der Waals surface area contributed by atoms with Crippen molar-refractivity contribution in [2.75, 3.05) is 19.8 Å². The standard InChI is InChI=1S/C14H14ClNO5/c15-9-6-8(7-11-12(9)21-5-4-20-11)13(17)16-3-1-2-10(16)14(18)19/h6-7,10H,1-5H2,(H,18,19)/t10-/m0/s1. The second-order valence-corrected chi connectivity index (χ2v) is 5.38. The first-order valence-corrected chi connectivity index (χ1v) is 7.08. The average Bonchev–Trinajstić information content (AvgIpc) is 2.96. The molecule has 1 fully saturated rings. The van der Waals surface area contributed by atoms with Crippen molar-refractivity contribution in [3.8, 4) is 11.5 Å². The van der Waals surface area contributed by atoms with Gasteiger partial charge in [0.1, 0.15) is 19.3 Å². The van der Waals surface area contributed by atoms with E-state index in [4.69, 9.17) is 26.2 Å². The lowest BCUT2D eigenvalue weighted by Gasteiger charge is -2.24. The molecule has 21 heavy (non-hydrogen) atoms. The van der Waals surface area contributed by atoms with Gasteiger partial charge in [-0.25, -0.2) is 4.79 Å². The van der Waals surface area contributed by atoms with E-state index in [1.807, 2.05) is 0 Å². The van der Waals surface area contributed by atoms with E-state index in [9.17, 15) is 9.59 Å². The van der Waals surface area contributed by atoms with Crippen LogP contribution in [0.1, 0.15) is 23.2 Å². The van der Waals surface area contributed by atoms with Gasteiger partial charge >= 0.3 is 5.97 Å². The van der Waals surface area contributed by atoms with Crippen LogP contribution < -0.4 is 9.47 Å². The van der Waals surface area contributed by atoms with Gasteiger partial charge in [-0.1, -0.05) is 11.6 Å². The van der Waals surface area contributed by atoms with Crippen LogP contribution in [0.3, 0.4) is 0 Å². The molecule has 0 radical (unpaired) electrons. The van der Waals surface area contributed by atoms with Gasteiger partial charge in [-0.05, 0) is 25.0 Å². The Balaban J connectivity index is 1.91. The van der Waals surface area contributed by atoms with Gasteiger partial charge in [0.05, 0.1) is 5.02 Å². The summed E-state index contributed by atoms with van der Waals surface area (Å²) in [5.41, 5.74) is 0.317. The Labute approximate surface area is 126 Å². The molecule has 0 spiro atoms. The van der Waals surface area contributed by atoms with Crippen LogP contribution in [0.25, 0.3) is 0 Å². The molecule has 0 saturated carbocycles. The molecule has 2 heterocycles. The van der Waals surface area contributed by atoms with E-state index in [1.54, 1.807) is 6.07 Å². The molecule has 1 saturated heterocycles. The number of carbonyl (C=O) groups is 2. The molecule has 0 bridgehead atoms. The summed E-state index contributed by atoms with van der Waals surface area (Å²) in [4.78, 5) is 25.1. The molecule has 2 aliphatic heterocycles. The molecule has 0 aliphatic carbocycles. The third kappa shape index (κ3) is 2.51. The predicted octanol–water partition coefficient (Wildman–Crippen LogP) is 1.80. The molecular weight excluding hydrogens is 298 g/mol. The van der Waals surface area contributed by atoms with Gasteiger partial charge < -0.3 is 19.5 Å². The molecule has 0 aromatic heterocycles. The van der Waals surface area contributed by atoms with Crippen molar-refractivity contribution < 1.29 is 24.2 Å². The van der Waals surface area contributed by atoms with Gasteiger partial charge in [0, 0.05) is 12.1 Å². The molecule has 1 atom stereocenters. The Bertz CT molecular complexity index is 603. The van der Waals surface area contributed by atoms with Crippen molar-refractivity contribution in [2.24, 2.45) is 0 Å². The van der Waals surface area contributed by atoms with Gasteiger partial charge in [-0.2, -0.15) is 0 Å². The lowest BCUT2D eigenvalue weighted by atomic mass is 10.1. The van der Waals surface area contributed by atoms with Crippen molar-refractivity contribution in [3.05, 3.63) is 22.7 Å². The van der Waals surface area contributed by atoms with Gasteiger partial charge in [-0.15, -0.1) is 0 Å². The number of hydrogen-bond donors (Lipinski definition) is 1. The van der Waals surface area contributed by atoms with Crippen LogP contribution in [-0.4, -0.2) is 47.7 Å². The lowest BCUT2D eigenvalue weighted by Crippen LogP contribution is -2.40. The first-order valence-electron chi connectivity index (χ1n) is 6.71. The van der Waals surface area contributed by atoms with E-state index in [1.165, 1.54) is 11.0 Å². The van der Waals surface area contributed by atoms with E-state index in [0.717, 1.165) is 0 Å². The molecule has 1 N–H and O–H groups in total. The number of ether oxygens (including phenoxy) is 2. The second-order valence-electron chi connectivity index (χ2n) is 4.98. The van der Waals surface area contributed by atoms with Gasteiger partial charge in [-0.3, -0.25) is 4.79 Å². The van der Waals surface area contributed by atoms with Crippen LogP contribution >= 0.6 is 11.6 Å². The number of aliphatic carboxylic acids is 1. The Kier molecular flexibility index (Phi) is 3.63. The Morgan fingerprint density at radius 3 is 2.81 bits per heavy atom. The van der Waals surface area contributed by atoms with E-state index in [0.29, 0.717) is 54.7 Å². The van der Waals surface area contributed by atoms with E-state index >= 15 is 0 Å². The summed E-state index contributed by atoms with van der Waals surface area (Å²) in [6, 6.07) is 2.28. The van der Waals surface area contributed by atoms with Gasteiger partial charge in [0.15, 0.2) is 11.5 Å². The van der Waals surface area contributed by atoms with Crippen molar-refractivity contribution in [1.29, 1.82) is 0 Å². The van der Waals surface area contributed by atoms with Crippen LogP contribution in [0.5, 0.6) is 11.5 Å². The third-order valence-electron chi connectivity index (χ3n) is 3.64. The minimum atomic E-state index is -0.982. The maximum absolute atomic E-state index is 12.5. The highest BCUT2D eigenvalue weighted by Crippen LogP contribution is 2.39. The number of rotatable bonds is 2. The Morgan fingerprint density at radius 2 is 2.05 bits per heavy atom. The molecule has 1 aromatic carbocycles. The van der Waals surface area contributed by atoms with Crippen molar-refractivity contribution in [3.63, 3.8) is 0 Å². The summed E-state index contributed by atoms with van der Waals surface area (Å²) in [6.45, 7) is 1.23. The molecule has 112 valence electrons. The fourth-order valence-electron chi connectivity index (χ4n) is 2.67. The number of carbonyl (C=O) groups excluding carboxylic acids is 1. The monoisotopic (exact) mass is 311 g/mol. The molecule has 2 aliphatic rings. The Morgan fingerprint density at radius 1 is 1.29 bits per heavy atom. The molecular formula is C14H14ClNO5. The number of halogens is 1. The fraction of sp³-hybridized carbons (Fsp3) is 0.429. The third-order valence-corrected chi connectivity index (χ3v) is 3.92. The smallest absolute Gasteiger partial charge is 0.326 e. The summed E-state index contributed by atoms with van der Waals surface area (Å²) >= 11 is 6.10. The van der Waals surface area contributed by atoms with Crippen molar-refractivity contribution >= 4 is 23.5 Å². The normalized spacial score (nSPS) is 20.4. The molecule has 1 aromatic rings. The summed E-state index contributed by atoms with van der Waals surface area (Å²) in [6.07, 6.45) is 1.15. The van der Waals surface area contributed by atoms with E-state index in [2.05, 4.69) is 0 Å².